The molecule has 0 N–H and O–H groups in total. The van der Waals surface area contributed by atoms with Gasteiger partial charge in [-0.15, -0.1) is 12.4 Å². The van der Waals surface area contributed by atoms with Crippen LogP contribution >= 0.6 is 12.4 Å². The number of nitrogens with zero attached hydrogens (tertiary/aromatic N) is 1. The number of hydrogen-bond acceptors (Lipinski definition) is 3. The van der Waals surface area contributed by atoms with E-state index in [-0.39, 0.29) is 24.1 Å². The molecule has 1 atom stereocenters. The molecule has 0 spiro atoms. The SMILES string of the molecule is Cl.O=C(OC1CCCN(c2ccccc2)C1)c1cccc(C(F)(F)F)c1. The molecule has 1 fully saturated rings. The third-order valence-corrected chi connectivity index (χ3v) is 4.20. The first-order valence-corrected chi connectivity index (χ1v) is 8.12. The van der Waals surface area contributed by atoms with Crippen LogP contribution in [0.5, 0.6) is 0 Å². The van der Waals surface area contributed by atoms with Gasteiger partial charge in [0.2, 0.25) is 0 Å². The van der Waals surface area contributed by atoms with E-state index in [1.54, 1.807) is 0 Å². The van der Waals surface area contributed by atoms with Crippen LogP contribution in [0.1, 0.15) is 28.8 Å². The number of carbonyl (C=O) groups is 1. The zero-order chi connectivity index (χ0) is 17.9. The largest absolute Gasteiger partial charge is 0.457 e. The standard InChI is InChI=1S/C19H18F3NO2.ClH/c20-19(21,22)15-7-4-6-14(12-15)18(24)25-17-10-5-11-23(13-17)16-8-2-1-3-9-16;/h1-4,6-9,12,17H,5,10-11,13H2;1H. The molecule has 140 valence electrons. The summed E-state index contributed by atoms with van der Waals surface area (Å²) in [7, 11) is 0. The Kier molecular flexibility index (Phi) is 6.53. The average molecular weight is 386 g/mol. The summed E-state index contributed by atoms with van der Waals surface area (Å²) in [4.78, 5) is 14.3. The second-order valence-corrected chi connectivity index (χ2v) is 6.03. The highest BCUT2D eigenvalue weighted by atomic mass is 35.5. The molecule has 2 aromatic rings. The van der Waals surface area contributed by atoms with Gasteiger partial charge in [0.25, 0.3) is 0 Å². The monoisotopic (exact) mass is 385 g/mol. The molecule has 0 bridgehead atoms. The molecule has 26 heavy (non-hydrogen) atoms. The van der Waals surface area contributed by atoms with E-state index in [1.807, 2.05) is 30.3 Å². The molecule has 1 aliphatic heterocycles. The van der Waals surface area contributed by atoms with E-state index in [1.165, 1.54) is 12.1 Å². The van der Waals surface area contributed by atoms with Crippen molar-refractivity contribution in [3.63, 3.8) is 0 Å². The Hall–Kier alpha value is -2.21. The highest BCUT2D eigenvalue weighted by molar-refractivity contribution is 5.89. The van der Waals surface area contributed by atoms with E-state index >= 15 is 0 Å². The molecule has 7 heteroatoms. The second-order valence-electron chi connectivity index (χ2n) is 6.03. The minimum atomic E-state index is -4.48. The van der Waals surface area contributed by atoms with Crippen molar-refractivity contribution in [1.82, 2.24) is 0 Å². The molecule has 0 aromatic heterocycles. The van der Waals surface area contributed by atoms with Crippen molar-refractivity contribution in [2.45, 2.75) is 25.1 Å². The normalized spacial score (nSPS) is 17.3. The van der Waals surface area contributed by atoms with Crippen molar-refractivity contribution in [2.75, 3.05) is 18.0 Å². The van der Waals surface area contributed by atoms with Gasteiger partial charge in [0, 0.05) is 12.2 Å². The number of rotatable bonds is 3. The maximum atomic E-state index is 12.8. The fourth-order valence-electron chi connectivity index (χ4n) is 2.95. The van der Waals surface area contributed by atoms with Crippen LogP contribution in [0.3, 0.4) is 0 Å². The number of esters is 1. The predicted octanol–water partition coefficient (Wildman–Crippen LogP) is 4.95. The number of benzene rings is 2. The molecule has 0 radical (unpaired) electrons. The third kappa shape index (κ3) is 4.91. The van der Waals surface area contributed by atoms with Crippen LogP contribution in [0.15, 0.2) is 54.6 Å². The summed E-state index contributed by atoms with van der Waals surface area (Å²) in [6, 6.07) is 14.1. The van der Waals surface area contributed by atoms with Crippen molar-refractivity contribution in [3.05, 3.63) is 65.7 Å². The molecule has 1 aliphatic rings. The Morgan fingerprint density at radius 3 is 2.50 bits per heavy atom. The summed E-state index contributed by atoms with van der Waals surface area (Å²) < 4.78 is 43.8. The Morgan fingerprint density at radius 1 is 1.08 bits per heavy atom. The summed E-state index contributed by atoms with van der Waals surface area (Å²) in [5, 5.41) is 0. The van der Waals surface area contributed by atoms with Crippen molar-refractivity contribution >= 4 is 24.1 Å². The number of piperidine rings is 1. The molecule has 3 rings (SSSR count). The highest BCUT2D eigenvalue weighted by Crippen LogP contribution is 2.30. The second kappa shape index (κ2) is 8.45. The van der Waals surface area contributed by atoms with Gasteiger partial charge in [-0.25, -0.2) is 4.79 Å². The Morgan fingerprint density at radius 2 is 1.81 bits per heavy atom. The summed E-state index contributed by atoms with van der Waals surface area (Å²) in [5.41, 5.74) is 0.116. The Labute approximate surface area is 156 Å². The lowest BCUT2D eigenvalue weighted by atomic mass is 10.1. The predicted molar refractivity (Wildman–Crippen MR) is 95.8 cm³/mol. The van der Waals surface area contributed by atoms with Gasteiger partial charge < -0.3 is 9.64 Å². The Bertz CT molecular complexity index is 737. The quantitative estimate of drug-likeness (QED) is 0.700. The lowest BCUT2D eigenvalue weighted by molar-refractivity contribution is -0.137. The molecule has 2 aromatic carbocycles. The summed E-state index contributed by atoms with van der Waals surface area (Å²) in [5.74, 6) is -0.717. The molecule has 3 nitrogen and oxygen atoms in total. The number of para-hydroxylation sites is 1. The van der Waals surface area contributed by atoms with E-state index in [9.17, 15) is 18.0 Å². The minimum absolute atomic E-state index is 0. The van der Waals surface area contributed by atoms with Crippen LogP contribution in [-0.2, 0) is 10.9 Å². The minimum Gasteiger partial charge on any atom is -0.457 e. The van der Waals surface area contributed by atoms with Gasteiger partial charge in [0.1, 0.15) is 6.10 Å². The first kappa shape index (κ1) is 20.1. The van der Waals surface area contributed by atoms with Crippen LogP contribution < -0.4 is 4.90 Å². The maximum absolute atomic E-state index is 12.8. The number of hydrogen-bond donors (Lipinski definition) is 0. The van der Waals surface area contributed by atoms with Crippen LogP contribution in [0.25, 0.3) is 0 Å². The lowest BCUT2D eigenvalue weighted by Gasteiger charge is -2.34. The molecular weight excluding hydrogens is 367 g/mol. The summed E-state index contributed by atoms with van der Waals surface area (Å²) in [6.07, 6.45) is -3.26. The molecule has 1 unspecified atom stereocenters. The molecule has 0 saturated carbocycles. The van der Waals surface area contributed by atoms with Crippen LogP contribution in [0.4, 0.5) is 18.9 Å². The van der Waals surface area contributed by atoms with Gasteiger partial charge in [-0.1, -0.05) is 24.3 Å². The fourth-order valence-corrected chi connectivity index (χ4v) is 2.95. The van der Waals surface area contributed by atoms with Crippen LogP contribution in [0, 0.1) is 0 Å². The van der Waals surface area contributed by atoms with Crippen molar-refractivity contribution in [1.29, 1.82) is 0 Å². The molecule has 1 heterocycles. The topological polar surface area (TPSA) is 29.5 Å². The van der Waals surface area contributed by atoms with E-state index in [2.05, 4.69) is 4.90 Å². The van der Waals surface area contributed by atoms with E-state index < -0.39 is 17.7 Å². The molecule has 0 amide bonds. The lowest BCUT2D eigenvalue weighted by Crippen LogP contribution is -2.40. The first-order chi connectivity index (χ1) is 11.9. The van der Waals surface area contributed by atoms with Gasteiger partial charge in [-0.2, -0.15) is 13.2 Å². The van der Waals surface area contributed by atoms with Crippen LogP contribution in [0.2, 0.25) is 0 Å². The number of alkyl halides is 3. The van der Waals surface area contributed by atoms with E-state index in [0.717, 1.165) is 30.8 Å². The molecule has 1 saturated heterocycles. The summed E-state index contributed by atoms with van der Waals surface area (Å²) >= 11 is 0. The first-order valence-electron chi connectivity index (χ1n) is 8.12. The number of anilines is 1. The van der Waals surface area contributed by atoms with Crippen molar-refractivity contribution in [3.8, 4) is 0 Å². The van der Waals surface area contributed by atoms with E-state index in [0.29, 0.717) is 13.0 Å². The smallest absolute Gasteiger partial charge is 0.416 e. The Balaban J connectivity index is 0.00000243. The van der Waals surface area contributed by atoms with Gasteiger partial charge in [0.05, 0.1) is 17.7 Å². The van der Waals surface area contributed by atoms with Gasteiger partial charge in [-0.3, -0.25) is 0 Å². The third-order valence-electron chi connectivity index (χ3n) is 4.20. The molecular formula is C19H19ClF3NO2. The van der Waals surface area contributed by atoms with E-state index in [4.69, 9.17) is 4.74 Å². The number of carbonyl (C=O) groups excluding carboxylic acids is 1. The van der Waals surface area contributed by atoms with Gasteiger partial charge in [-0.05, 0) is 43.2 Å². The van der Waals surface area contributed by atoms with Crippen molar-refractivity contribution in [2.24, 2.45) is 0 Å². The average Bonchev–Trinajstić information content (AvgIpc) is 2.62. The van der Waals surface area contributed by atoms with Crippen LogP contribution in [-0.4, -0.2) is 25.2 Å². The summed E-state index contributed by atoms with van der Waals surface area (Å²) in [6.45, 7) is 1.40. The fraction of sp³-hybridized carbons (Fsp3) is 0.316. The zero-order valence-corrected chi connectivity index (χ0v) is 14.7. The number of ether oxygens (including phenoxy) is 1. The number of halogens is 4. The molecule has 0 aliphatic carbocycles. The van der Waals surface area contributed by atoms with Crippen molar-refractivity contribution < 1.29 is 22.7 Å². The highest BCUT2D eigenvalue weighted by Gasteiger charge is 2.31. The zero-order valence-electron chi connectivity index (χ0n) is 13.9. The van der Waals surface area contributed by atoms with Gasteiger partial charge >= 0.3 is 12.1 Å². The maximum Gasteiger partial charge on any atom is 0.416 e. The van der Waals surface area contributed by atoms with Gasteiger partial charge in [0.15, 0.2) is 0 Å².